The maximum Gasteiger partial charge on any atom is 0.244 e. The van der Waals surface area contributed by atoms with E-state index < -0.39 is 26.6 Å². The van der Waals surface area contributed by atoms with Gasteiger partial charge in [0.15, 0.2) is 0 Å². The van der Waals surface area contributed by atoms with Crippen LogP contribution in [0.5, 0.6) is 0 Å². The van der Waals surface area contributed by atoms with Crippen LogP contribution >= 0.6 is 15.9 Å². The standard InChI is InChI=1S/C14H18BrF2NO2S/c1-14(2)5-3-4-10(8-14)18-21(19,20)13-11(15)6-9(16)7-12(13)17/h6-7,10,18H,3-5,8H2,1-2H3. The molecule has 3 nitrogen and oxygen atoms in total. The second-order valence-corrected chi connectivity index (χ2v) is 8.78. The van der Waals surface area contributed by atoms with Gasteiger partial charge in [-0.25, -0.2) is 21.9 Å². The van der Waals surface area contributed by atoms with Crippen LogP contribution in [0.15, 0.2) is 21.5 Å². The quantitative estimate of drug-likeness (QED) is 0.860. The average molecular weight is 382 g/mol. The molecule has 0 spiro atoms. The van der Waals surface area contributed by atoms with Gasteiger partial charge in [0.05, 0.1) is 0 Å². The molecule has 0 aromatic heterocycles. The summed E-state index contributed by atoms with van der Waals surface area (Å²) in [5, 5.41) is 0. The Labute approximate surface area is 132 Å². The average Bonchev–Trinajstić information content (AvgIpc) is 2.23. The fourth-order valence-electron chi connectivity index (χ4n) is 2.86. The second-order valence-electron chi connectivity index (χ2n) is 6.28. The molecule has 0 heterocycles. The van der Waals surface area contributed by atoms with Crippen LogP contribution < -0.4 is 4.72 Å². The molecule has 0 radical (unpaired) electrons. The van der Waals surface area contributed by atoms with Gasteiger partial charge in [0.1, 0.15) is 16.5 Å². The lowest BCUT2D eigenvalue weighted by atomic mass is 9.75. The van der Waals surface area contributed by atoms with Crippen molar-refractivity contribution in [2.75, 3.05) is 0 Å². The Balaban J connectivity index is 2.27. The first-order valence-corrected chi connectivity index (χ1v) is 9.05. The summed E-state index contributed by atoms with van der Waals surface area (Å²) in [4.78, 5) is -0.535. The SMILES string of the molecule is CC1(C)CCCC(NS(=O)(=O)c2c(F)cc(F)cc2Br)C1. The van der Waals surface area contributed by atoms with Crippen molar-refractivity contribution in [3.63, 3.8) is 0 Å². The number of sulfonamides is 1. The number of hydrogen-bond acceptors (Lipinski definition) is 2. The lowest BCUT2D eigenvalue weighted by Gasteiger charge is -2.35. The first-order valence-electron chi connectivity index (χ1n) is 6.78. The van der Waals surface area contributed by atoms with Gasteiger partial charge in [-0.3, -0.25) is 0 Å². The van der Waals surface area contributed by atoms with Crippen molar-refractivity contribution in [3.05, 3.63) is 28.2 Å². The normalized spacial score (nSPS) is 22.2. The summed E-state index contributed by atoms with van der Waals surface area (Å²) in [6.45, 7) is 4.17. The summed E-state index contributed by atoms with van der Waals surface area (Å²) in [6.07, 6.45) is 3.39. The first-order chi connectivity index (χ1) is 9.61. The van der Waals surface area contributed by atoms with E-state index >= 15 is 0 Å². The third kappa shape index (κ3) is 4.02. The van der Waals surface area contributed by atoms with Crippen molar-refractivity contribution in [2.24, 2.45) is 5.41 Å². The molecule has 21 heavy (non-hydrogen) atoms. The van der Waals surface area contributed by atoms with Crippen molar-refractivity contribution in [1.82, 2.24) is 4.72 Å². The molecule has 7 heteroatoms. The van der Waals surface area contributed by atoms with Crippen LogP contribution in [0.1, 0.15) is 39.5 Å². The molecule has 118 valence electrons. The van der Waals surface area contributed by atoms with Crippen molar-refractivity contribution in [1.29, 1.82) is 0 Å². The van der Waals surface area contributed by atoms with E-state index in [9.17, 15) is 17.2 Å². The highest BCUT2D eigenvalue weighted by Gasteiger charge is 2.32. The van der Waals surface area contributed by atoms with E-state index in [4.69, 9.17) is 0 Å². The van der Waals surface area contributed by atoms with E-state index in [-0.39, 0.29) is 15.9 Å². The van der Waals surface area contributed by atoms with Crippen molar-refractivity contribution >= 4 is 26.0 Å². The van der Waals surface area contributed by atoms with Gasteiger partial charge in [0.2, 0.25) is 10.0 Å². The fourth-order valence-corrected chi connectivity index (χ4v) is 5.30. The molecule has 2 rings (SSSR count). The van der Waals surface area contributed by atoms with Gasteiger partial charge < -0.3 is 0 Å². The molecular formula is C14H18BrF2NO2S. The Bertz CT molecular complexity index is 623. The minimum atomic E-state index is -4.03. The Hall–Kier alpha value is -0.530. The molecule has 1 unspecified atom stereocenters. The second kappa shape index (κ2) is 5.93. The molecule has 1 aliphatic carbocycles. The van der Waals surface area contributed by atoms with E-state index in [0.717, 1.165) is 25.3 Å². The van der Waals surface area contributed by atoms with Crippen LogP contribution in [-0.4, -0.2) is 14.5 Å². The maximum atomic E-state index is 13.8. The summed E-state index contributed by atoms with van der Waals surface area (Å²) in [7, 11) is -4.03. The molecule has 1 aromatic carbocycles. The van der Waals surface area contributed by atoms with Gasteiger partial charge in [-0.05, 0) is 46.7 Å². The lowest BCUT2D eigenvalue weighted by molar-refractivity contribution is 0.212. The van der Waals surface area contributed by atoms with E-state index in [0.29, 0.717) is 12.5 Å². The van der Waals surface area contributed by atoms with Crippen LogP contribution in [0, 0.1) is 17.0 Å². The highest BCUT2D eigenvalue weighted by Crippen LogP contribution is 2.36. The molecule has 1 N–H and O–H groups in total. The van der Waals surface area contributed by atoms with Gasteiger partial charge in [0, 0.05) is 16.6 Å². The zero-order valence-electron chi connectivity index (χ0n) is 11.9. The molecule has 1 aromatic rings. The predicted molar refractivity (Wildman–Crippen MR) is 80.4 cm³/mol. The third-order valence-electron chi connectivity index (χ3n) is 3.76. The van der Waals surface area contributed by atoms with Crippen LogP contribution in [0.3, 0.4) is 0 Å². The number of nitrogens with one attached hydrogen (secondary N) is 1. The Morgan fingerprint density at radius 3 is 2.57 bits per heavy atom. The highest BCUT2D eigenvalue weighted by atomic mass is 79.9. The molecule has 0 amide bonds. The monoisotopic (exact) mass is 381 g/mol. The van der Waals surface area contributed by atoms with Crippen molar-refractivity contribution in [2.45, 2.75) is 50.5 Å². The van der Waals surface area contributed by atoms with Crippen LogP contribution in [0.2, 0.25) is 0 Å². The smallest absolute Gasteiger partial charge is 0.208 e. The Kier molecular flexibility index (Phi) is 4.75. The number of rotatable bonds is 3. The van der Waals surface area contributed by atoms with Crippen LogP contribution in [-0.2, 0) is 10.0 Å². The molecule has 1 atom stereocenters. The summed E-state index contributed by atoms with van der Waals surface area (Å²) in [5.74, 6) is -1.92. The minimum absolute atomic E-state index is 0.0595. The van der Waals surface area contributed by atoms with E-state index in [2.05, 4.69) is 34.5 Å². The van der Waals surface area contributed by atoms with Crippen LogP contribution in [0.4, 0.5) is 8.78 Å². The third-order valence-corrected chi connectivity index (χ3v) is 6.24. The van der Waals surface area contributed by atoms with Gasteiger partial charge in [0.25, 0.3) is 0 Å². The van der Waals surface area contributed by atoms with Gasteiger partial charge in [-0.15, -0.1) is 0 Å². The molecular weight excluding hydrogens is 364 g/mol. The highest BCUT2D eigenvalue weighted by molar-refractivity contribution is 9.10. The topological polar surface area (TPSA) is 46.2 Å². The Morgan fingerprint density at radius 2 is 2.00 bits per heavy atom. The van der Waals surface area contributed by atoms with Crippen molar-refractivity contribution in [3.8, 4) is 0 Å². The van der Waals surface area contributed by atoms with Crippen molar-refractivity contribution < 1.29 is 17.2 Å². The Morgan fingerprint density at radius 1 is 1.33 bits per heavy atom. The van der Waals surface area contributed by atoms with Gasteiger partial charge in [-0.1, -0.05) is 20.3 Å². The summed E-state index contributed by atoms with van der Waals surface area (Å²) < 4.78 is 54.1. The van der Waals surface area contributed by atoms with Crippen LogP contribution in [0.25, 0.3) is 0 Å². The largest absolute Gasteiger partial charge is 0.244 e. The molecule has 0 bridgehead atoms. The molecule has 0 aliphatic heterocycles. The zero-order chi connectivity index (χ0) is 15.8. The van der Waals surface area contributed by atoms with Gasteiger partial charge in [-0.2, -0.15) is 0 Å². The van der Waals surface area contributed by atoms with E-state index in [1.54, 1.807) is 0 Å². The lowest BCUT2D eigenvalue weighted by Crippen LogP contribution is -2.41. The first kappa shape index (κ1) is 16.8. The number of benzene rings is 1. The maximum absolute atomic E-state index is 13.8. The van der Waals surface area contributed by atoms with Gasteiger partial charge >= 0.3 is 0 Å². The molecule has 0 saturated heterocycles. The zero-order valence-corrected chi connectivity index (χ0v) is 14.3. The molecule has 1 fully saturated rings. The summed E-state index contributed by atoms with van der Waals surface area (Å²) >= 11 is 2.92. The number of halogens is 3. The summed E-state index contributed by atoms with van der Waals surface area (Å²) in [5.41, 5.74) is 0.0595. The number of hydrogen-bond donors (Lipinski definition) is 1. The van der Waals surface area contributed by atoms with E-state index in [1.165, 1.54) is 0 Å². The summed E-state index contributed by atoms with van der Waals surface area (Å²) in [6, 6.07) is 1.29. The predicted octanol–water partition coefficient (Wildman–Crippen LogP) is 3.97. The fraction of sp³-hybridized carbons (Fsp3) is 0.571. The minimum Gasteiger partial charge on any atom is -0.208 e. The molecule has 1 saturated carbocycles. The van der Waals surface area contributed by atoms with E-state index in [1.807, 2.05) is 0 Å². The molecule has 1 aliphatic rings.